The van der Waals surface area contributed by atoms with Gasteiger partial charge in [0, 0.05) is 41.0 Å². The van der Waals surface area contributed by atoms with Crippen molar-refractivity contribution in [1.29, 1.82) is 0 Å². The van der Waals surface area contributed by atoms with Crippen molar-refractivity contribution in [1.82, 2.24) is 14.8 Å². The fraction of sp³-hybridized carbons (Fsp3) is 0.312. The van der Waals surface area contributed by atoms with Gasteiger partial charge >= 0.3 is 0 Å². The van der Waals surface area contributed by atoms with Crippen molar-refractivity contribution in [3.05, 3.63) is 77.9 Å². The Balaban J connectivity index is 1.75. The van der Waals surface area contributed by atoms with Crippen LogP contribution in [0.25, 0.3) is 22.2 Å². The van der Waals surface area contributed by atoms with E-state index >= 15 is 0 Å². The minimum atomic E-state index is 0.00640. The lowest BCUT2D eigenvalue weighted by Gasteiger charge is -2.26. The van der Waals surface area contributed by atoms with Crippen LogP contribution in [0.3, 0.4) is 0 Å². The van der Waals surface area contributed by atoms with Crippen LogP contribution >= 0.6 is 11.8 Å². The van der Waals surface area contributed by atoms with E-state index in [1.165, 1.54) is 0 Å². The molecule has 0 unspecified atom stereocenters. The molecular weight excluding hydrogens is 522 g/mol. The number of benzene rings is 3. The second-order valence-corrected chi connectivity index (χ2v) is 10.6. The number of pyridine rings is 1. The lowest BCUT2D eigenvalue weighted by atomic mass is 10.0. The van der Waals surface area contributed by atoms with Crippen molar-refractivity contribution < 1.29 is 19.0 Å². The minimum Gasteiger partial charge on any atom is -0.497 e. The van der Waals surface area contributed by atoms with Crippen LogP contribution in [0.15, 0.2) is 71.6 Å². The summed E-state index contributed by atoms with van der Waals surface area (Å²) in [6, 6.07) is 21.9. The first-order chi connectivity index (χ1) is 19.3. The minimum absolute atomic E-state index is 0.00640. The summed E-state index contributed by atoms with van der Waals surface area (Å²) in [5.74, 6) is 2.14. The van der Waals surface area contributed by atoms with Crippen LogP contribution in [0, 0.1) is 0 Å². The Bertz CT molecular complexity index is 1460. The lowest BCUT2D eigenvalue weighted by Crippen LogP contribution is -2.37. The van der Waals surface area contributed by atoms with Gasteiger partial charge in [-0.1, -0.05) is 6.07 Å². The standard InChI is InChI=1S/C32H37N3O4S/c1-34(2)15-16-35(31(36)19-24-18-27(38-4)12-14-30(24)39-5)21-25-17-23-9-13-28(40-6)20-29(23)33-32(25)22-7-10-26(37-3)11-8-22/h7-14,17-18,20H,15-16,19,21H2,1-6H3. The van der Waals surface area contributed by atoms with Crippen LogP contribution in [0.1, 0.15) is 11.1 Å². The van der Waals surface area contributed by atoms with Gasteiger partial charge in [0.2, 0.25) is 5.91 Å². The predicted octanol–water partition coefficient (Wildman–Crippen LogP) is 5.78. The van der Waals surface area contributed by atoms with E-state index < -0.39 is 0 Å². The first-order valence-electron chi connectivity index (χ1n) is 13.1. The Morgan fingerprint density at radius 2 is 1.55 bits per heavy atom. The number of amides is 1. The smallest absolute Gasteiger partial charge is 0.227 e. The van der Waals surface area contributed by atoms with Gasteiger partial charge in [-0.2, -0.15) is 0 Å². The summed E-state index contributed by atoms with van der Waals surface area (Å²) in [6.45, 7) is 1.73. The molecule has 0 atom stereocenters. The van der Waals surface area contributed by atoms with Crippen molar-refractivity contribution in [2.75, 3.05) is 54.8 Å². The quantitative estimate of drug-likeness (QED) is 0.204. The SMILES string of the molecule is COc1ccc(-c2nc3cc(SC)ccc3cc2CN(CCN(C)C)C(=O)Cc2cc(OC)ccc2OC)cc1. The zero-order valence-electron chi connectivity index (χ0n) is 24.1. The molecule has 4 aromatic rings. The molecule has 3 aromatic carbocycles. The molecule has 0 saturated carbocycles. The average Bonchev–Trinajstić information content (AvgIpc) is 2.98. The second kappa shape index (κ2) is 13.5. The van der Waals surface area contributed by atoms with Crippen LogP contribution in [0.2, 0.25) is 0 Å². The first kappa shape index (κ1) is 29.2. The van der Waals surface area contributed by atoms with Gasteiger partial charge in [0.05, 0.1) is 39.0 Å². The molecule has 7 nitrogen and oxygen atoms in total. The van der Waals surface area contributed by atoms with Gasteiger partial charge in [0.1, 0.15) is 17.2 Å². The zero-order valence-corrected chi connectivity index (χ0v) is 24.9. The van der Waals surface area contributed by atoms with Gasteiger partial charge in [-0.05, 0) is 86.6 Å². The van der Waals surface area contributed by atoms with E-state index in [1.807, 2.05) is 61.5 Å². The van der Waals surface area contributed by atoms with E-state index in [1.54, 1.807) is 33.1 Å². The third-order valence-corrected chi connectivity index (χ3v) is 7.55. The van der Waals surface area contributed by atoms with E-state index in [0.717, 1.165) is 50.5 Å². The molecular formula is C32H37N3O4S. The topological polar surface area (TPSA) is 64.1 Å². The third kappa shape index (κ3) is 7.06. The molecule has 0 spiro atoms. The molecule has 40 heavy (non-hydrogen) atoms. The van der Waals surface area contributed by atoms with E-state index in [9.17, 15) is 4.79 Å². The van der Waals surface area contributed by atoms with Crippen molar-refractivity contribution in [2.45, 2.75) is 17.9 Å². The number of hydrogen-bond donors (Lipinski definition) is 0. The summed E-state index contributed by atoms with van der Waals surface area (Å²) in [4.78, 5) is 24.1. The predicted molar refractivity (Wildman–Crippen MR) is 163 cm³/mol. The fourth-order valence-electron chi connectivity index (χ4n) is 4.55. The van der Waals surface area contributed by atoms with Gasteiger partial charge in [0.15, 0.2) is 0 Å². The molecule has 0 aliphatic rings. The maximum atomic E-state index is 13.8. The van der Waals surface area contributed by atoms with Crippen molar-refractivity contribution >= 4 is 28.6 Å². The van der Waals surface area contributed by atoms with Crippen LogP contribution in [-0.2, 0) is 17.8 Å². The molecule has 0 aliphatic heterocycles. The molecule has 0 saturated heterocycles. The van der Waals surface area contributed by atoms with Crippen molar-refractivity contribution in [3.8, 4) is 28.5 Å². The van der Waals surface area contributed by atoms with Gasteiger partial charge in [-0.3, -0.25) is 4.79 Å². The Hall–Kier alpha value is -3.75. The second-order valence-electron chi connectivity index (χ2n) is 9.76. The molecule has 0 aliphatic carbocycles. The highest BCUT2D eigenvalue weighted by Gasteiger charge is 2.20. The average molecular weight is 560 g/mol. The van der Waals surface area contributed by atoms with Crippen molar-refractivity contribution in [2.24, 2.45) is 0 Å². The summed E-state index contributed by atoms with van der Waals surface area (Å²) in [5.41, 5.74) is 4.53. The molecule has 1 amide bonds. The van der Waals surface area contributed by atoms with Crippen LogP contribution < -0.4 is 14.2 Å². The number of rotatable bonds is 12. The highest BCUT2D eigenvalue weighted by atomic mass is 32.2. The number of fused-ring (bicyclic) bond motifs is 1. The Morgan fingerprint density at radius 1 is 0.825 bits per heavy atom. The Labute approximate surface area is 241 Å². The molecule has 0 bridgehead atoms. The summed E-state index contributed by atoms with van der Waals surface area (Å²) in [7, 11) is 8.91. The number of nitrogens with zero attached hydrogens (tertiary/aromatic N) is 3. The number of likely N-dealkylation sites (N-methyl/N-ethyl adjacent to an activating group) is 1. The summed E-state index contributed by atoms with van der Waals surface area (Å²) < 4.78 is 16.3. The maximum Gasteiger partial charge on any atom is 0.227 e. The normalized spacial score (nSPS) is 11.1. The molecule has 0 N–H and O–H groups in total. The monoisotopic (exact) mass is 559 g/mol. The molecule has 1 heterocycles. The molecule has 210 valence electrons. The van der Waals surface area contributed by atoms with Gasteiger partial charge < -0.3 is 24.0 Å². The maximum absolute atomic E-state index is 13.8. The number of hydrogen-bond acceptors (Lipinski definition) is 7. The first-order valence-corrected chi connectivity index (χ1v) is 14.3. The highest BCUT2D eigenvalue weighted by Crippen LogP contribution is 2.31. The zero-order chi connectivity index (χ0) is 28.6. The van der Waals surface area contributed by atoms with Crippen LogP contribution in [0.4, 0.5) is 0 Å². The molecule has 1 aromatic heterocycles. The lowest BCUT2D eigenvalue weighted by molar-refractivity contribution is -0.131. The van der Waals surface area contributed by atoms with E-state index in [0.29, 0.717) is 24.6 Å². The largest absolute Gasteiger partial charge is 0.497 e. The van der Waals surface area contributed by atoms with Gasteiger partial charge in [-0.25, -0.2) is 4.98 Å². The highest BCUT2D eigenvalue weighted by molar-refractivity contribution is 7.98. The summed E-state index contributed by atoms with van der Waals surface area (Å²) in [6.07, 6.45) is 2.26. The molecule has 8 heteroatoms. The van der Waals surface area contributed by atoms with Crippen molar-refractivity contribution in [3.63, 3.8) is 0 Å². The number of ether oxygens (including phenoxy) is 3. The van der Waals surface area contributed by atoms with Crippen LogP contribution in [0.5, 0.6) is 17.2 Å². The summed E-state index contributed by atoms with van der Waals surface area (Å²) >= 11 is 1.69. The number of thioether (sulfide) groups is 1. The van der Waals surface area contributed by atoms with Crippen LogP contribution in [-0.4, -0.2) is 75.5 Å². The van der Waals surface area contributed by atoms with E-state index in [-0.39, 0.29) is 12.3 Å². The Morgan fingerprint density at radius 3 is 2.20 bits per heavy atom. The number of methoxy groups -OCH3 is 3. The van der Waals surface area contributed by atoms with Gasteiger partial charge in [0.25, 0.3) is 0 Å². The molecule has 0 fully saturated rings. The third-order valence-electron chi connectivity index (χ3n) is 6.83. The molecule has 4 rings (SSSR count). The number of aromatic nitrogens is 1. The number of carbonyl (C=O) groups is 1. The van der Waals surface area contributed by atoms with Gasteiger partial charge in [-0.15, -0.1) is 11.8 Å². The molecule has 0 radical (unpaired) electrons. The van der Waals surface area contributed by atoms with E-state index in [4.69, 9.17) is 19.2 Å². The number of carbonyl (C=O) groups excluding carboxylic acids is 1. The fourth-order valence-corrected chi connectivity index (χ4v) is 4.98. The van der Waals surface area contributed by atoms with E-state index in [2.05, 4.69) is 35.4 Å². The Kier molecular flexibility index (Phi) is 9.90. The summed E-state index contributed by atoms with van der Waals surface area (Å²) in [5, 5.41) is 1.04.